The minimum Gasteiger partial charge on any atom is -0.481 e. The Morgan fingerprint density at radius 1 is 0.900 bits per heavy atom. The van der Waals surface area contributed by atoms with Gasteiger partial charge in [0.05, 0.1) is 23.6 Å². The summed E-state index contributed by atoms with van der Waals surface area (Å²) in [6, 6.07) is 22.3. The van der Waals surface area contributed by atoms with Crippen LogP contribution in [0.2, 0.25) is 0 Å². The molecule has 2 N–H and O–H groups in total. The van der Waals surface area contributed by atoms with E-state index in [2.05, 4.69) is 5.32 Å². The number of hydrogen-bond donors (Lipinski definition) is 2. The molecule has 1 atom stereocenters. The van der Waals surface area contributed by atoms with Gasteiger partial charge in [-0.05, 0) is 30.7 Å². The van der Waals surface area contributed by atoms with Crippen molar-refractivity contribution in [1.82, 2.24) is 0 Å². The largest absolute Gasteiger partial charge is 0.481 e. The van der Waals surface area contributed by atoms with Gasteiger partial charge in [-0.15, -0.1) is 0 Å². The zero-order chi connectivity index (χ0) is 21.5. The minimum atomic E-state index is -1.07. The molecule has 0 aromatic heterocycles. The lowest BCUT2D eigenvalue weighted by atomic mass is 9.99. The predicted molar refractivity (Wildman–Crippen MR) is 113 cm³/mol. The topological polar surface area (TPSA) is 92.7 Å². The van der Waals surface area contributed by atoms with Crippen LogP contribution >= 0.6 is 0 Å². The van der Waals surface area contributed by atoms with Gasteiger partial charge in [0.15, 0.2) is 5.75 Å². The van der Waals surface area contributed by atoms with Gasteiger partial charge in [0.2, 0.25) is 5.91 Å². The highest BCUT2D eigenvalue weighted by atomic mass is 16.5. The average Bonchev–Trinajstić information content (AvgIpc) is 2.75. The maximum absolute atomic E-state index is 12.6. The number of aliphatic carboxylic acids is 1. The van der Waals surface area contributed by atoms with Crippen LogP contribution in [0.25, 0.3) is 0 Å². The minimum absolute atomic E-state index is 0.0302. The predicted octanol–water partition coefficient (Wildman–Crippen LogP) is 4.28. The molecule has 30 heavy (non-hydrogen) atoms. The maximum Gasteiger partial charge on any atom is 0.343 e. The van der Waals surface area contributed by atoms with E-state index in [1.165, 1.54) is 6.92 Å². The Bertz CT molecular complexity index is 1050. The molecule has 3 aromatic rings. The monoisotopic (exact) mass is 403 g/mol. The van der Waals surface area contributed by atoms with Gasteiger partial charge in [0, 0.05) is 5.56 Å². The smallest absolute Gasteiger partial charge is 0.343 e. The molecule has 0 radical (unpaired) electrons. The Morgan fingerprint density at radius 2 is 1.53 bits per heavy atom. The van der Waals surface area contributed by atoms with E-state index in [9.17, 15) is 19.5 Å². The number of hydrogen-bond acceptors (Lipinski definition) is 4. The molecule has 0 bridgehead atoms. The van der Waals surface area contributed by atoms with E-state index >= 15 is 0 Å². The number of anilines is 1. The number of rotatable bonds is 7. The second-order valence-corrected chi connectivity index (χ2v) is 6.75. The van der Waals surface area contributed by atoms with Crippen molar-refractivity contribution < 1.29 is 24.2 Å². The summed E-state index contributed by atoms with van der Waals surface area (Å²) in [7, 11) is 0. The third kappa shape index (κ3) is 5.11. The highest BCUT2D eigenvalue weighted by Crippen LogP contribution is 2.35. The highest BCUT2D eigenvalue weighted by Gasteiger charge is 2.24. The van der Waals surface area contributed by atoms with Crippen LogP contribution in [-0.2, 0) is 16.0 Å². The van der Waals surface area contributed by atoms with Crippen molar-refractivity contribution in [2.45, 2.75) is 19.3 Å². The molecule has 0 heterocycles. The molecule has 0 unspecified atom stereocenters. The Balaban J connectivity index is 1.91. The number of carbonyl (C=O) groups is 3. The van der Waals surface area contributed by atoms with Crippen LogP contribution in [0, 0.1) is 0 Å². The van der Waals surface area contributed by atoms with Gasteiger partial charge >= 0.3 is 11.9 Å². The normalized spacial score (nSPS) is 11.4. The van der Waals surface area contributed by atoms with Crippen molar-refractivity contribution in [3.05, 3.63) is 95.6 Å². The molecule has 0 aliphatic rings. The Morgan fingerprint density at radius 3 is 2.17 bits per heavy atom. The van der Waals surface area contributed by atoms with E-state index in [-0.39, 0.29) is 23.8 Å². The number of nitrogens with one attached hydrogen (secondary N) is 1. The second-order valence-electron chi connectivity index (χ2n) is 6.75. The van der Waals surface area contributed by atoms with Gasteiger partial charge in [0.1, 0.15) is 0 Å². The van der Waals surface area contributed by atoms with Crippen molar-refractivity contribution in [2.75, 3.05) is 5.32 Å². The van der Waals surface area contributed by atoms with Gasteiger partial charge in [0.25, 0.3) is 0 Å². The van der Waals surface area contributed by atoms with Crippen LogP contribution in [-0.4, -0.2) is 23.0 Å². The third-order valence-corrected chi connectivity index (χ3v) is 4.57. The molecule has 152 valence electrons. The lowest BCUT2D eigenvalue weighted by Crippen LogP contribution is -2.19. The van der Waals surface area contributed by atoms with Gasteiger partial charge in [-0.2, -0.15) is 0 Å². The lowest BCUT2D eigenvalue weighted by molar-refractivity contribution is -0.138. The van der Waals surface area contributed by atoms with Crippen molar-refractivity contribution in [3.63, 3.8) is 0 Å². The number of carboxylic acids is 1. The SMILES string of the molecule is C[C@@H](C(=O)O)c1cccc(NC(=O)Cc2ccccc2)c1OC(=O)c1ccccc1. The standard InChI is InChI=1S/C24H21NO5/c1-16(23(27)28)19-13-8-14-20(25-21(26)15-17-9-4-2-5-10-17)22(19)30-24(29)18-11-6-3-7-12-18/h2-14,16H,15H2,1H3,(H,25,26)(H,27,28)/t16-/m1/s1. The van der Waals surface area contributed by atoms with Crippen LogP contribution < -0.4 is 10.1 Å². The first-order valence-corrected chi connectivity index (χ1v) is 9.42. The molecule has 3 aromatic carbocycles. The molecule has 6 nitrogen and oxygen atoms in total. The van der Waals surface area contributed by atoms with E-state index in [1.807, 2.05) is 30.3 Å². The van der Waals surface area contributed by atoms with Gasteiger partial charge < -0.3 is 15.2 Å². The third-order valence-electron chi connectivity index (χ3n) is 4.57. The number of carbonyl (C=O) groups excluding carboxylic acids is 2. The molecular formula is C24H21NO5. The zero-order valence-electron chi connectivity index (χ0n) is 16.4. The maximum atomic E-state index is 12.6. The number of amides is 1. The van der Waals surface area contributed by atoms with Gasteiger partial charge in [-0.1, -0.05) is 60.7 Å². The first kappa shape index (κ1) is 20.8. The first-order valence-electron chi connectivity index (χ1n) is 9.42. The van der Waals surface area contributed by atoms with Crippen molar-refractivity contribution >= 4 is 23.5 Å². The molecule has 0 spiro atoms. The molecule has 3 rings (SSSR count). The highest BCUT2D eigenvalue weighted by molar-refractivity contribution is 5.97. The van der Waals surface area contributed by atoms with Crippen molar-refractivity contribution in [2.24, 2.45) is 0 Å². The fourth-order valence-corrected chi connectivity index (χ4v) is 2.94. The molecule has 0 aliphatic heterocycles. The average molecular weight is 403 g/mol. The van der Waals surface area contributed by atoms with Crippen molar-refractivity contribution in [1.29, 1.82) is 0 Å². The van der Waals surface area contributed by atoms with Crippen LogP contribution in [0.5, 0.6) is 5.75 Å². The Hall–Kier alpha value is -3.93. The van der Waals surface area contributed by atoms with E-state index < -0.39 is 17.9 Å². The van der Waals surface area contributed by atoms with Gasteiger partial charge in [-0.25, -0.2) is 4.79 Å². The first-order chi connectivity index (χ1) is 14.5. The fourth-order valence-electron chi connectivity index (χ4n) is 2.94. The zero-order valence-corrected chi connectivity index (χ0v) is 16.4. The fraction of sp³-hybridized carbons (Fsp3) is 0.125. The summed E-state index contributed by atoms with van der Waals surface area (Å²) in [4.78, 5) is 36.7. The van der Waals surface area contributed by atoms with Crippen molar-refractivity contribution in [3.8, 4) is 5.75 Å². The molecule has 0 aliphatic carbocycles. The summed E-state index contributed by atoms with van der Waals surface area (Å²) in [5.74, 6) is -2.92. The Labute approximate surface area is 174 Å². The second kappa shape index (κ2) is 9.52. The summed E-state index contributed by atoms with van der Waals surface area (Å²) < 4.78 is 5.57. The van der Waals surface area contributed by atoms with E-state index in [0.717, 1.165) is 5.56 Å². The van der Waals surface area contributed by atoms with Gasteiger partial charge in [-0.3, -0.25) is 9.59 Å². The molecule has 1 amide bonds. The number of carboxylic acid groups (broad SMARTS) is 1. The number of ether oxygens (including phenoxy) is 1. The summed E-state index contributed by atoms with van der Waals surface area (Å²) in [5.41, 5.74) is 1.68. The summed E-state index contributed by atoms with van der Waals surface area (Å²) in [5, 5.41) is 12.2. The van der Waals surface area contributed by atoms with Crippen LogP contribution in [0.1, 0.15) is 34.3 Å². The molecule has 0 fully saturated rings. The summed E-state index contributed by atoms with van der Waals surface area (Å²) in [6.07, 6.45) is 0.131. The van der Waals surface area contributed by atoms with Crippen LogP contribution in [0.15, 0.2) is 78.9 Å². The van der Waals surface area contributed by atoms with Crippen LogP contribution in [0.3, 0.4) is 0 Å². The number of benzene rings is 3. The quantitative estimate of drug-likeness (QED) is 0.454. The van der Waals surface area contributed by atoms with E-state index in [1.54, 1.807) is 48.5 Å². The lowest BCUT2D eigenvalue weighted by Gasteiger charge is -2.17. The number of esters is 1. The Kier molecular flexibility index (Phi) is 6.60. The number of para-hydroxylation sites is 1. The summed E-state index contributed by atoms with van der Waals surface area (Å²) in [6.45, 7) is 1.49. The van der Waals surface area contributed by atoms with E-state index in [0.29, 0.717) is 11.1 Å². The molecule has 0 saturated heterocycles. The summed E-state index contributed by atoms with van der Waals surface area (Å²) >= 11 is 0. The molecule has 6 heteroatoms. The van der Waals surface area contributed by atoms with Crippen LogP contribution in [0.4, 0.5) is 5.69 Å². The molecular weight excluding hydrogens is 382 g/mol. The molecule has 0 saturated carbocycles. The van der Waals surface area contributed by atoms with E-state index in [4.69, 9.17) is 4.74 Å².